The number of nitrogens with zero attached hydrogens (tertiary/aromatic N) is 5. The Hall–Kier alpha value is -3.48. The van der Waals surface area contributed by atoms with Gasteiger partial charge in [0, 0.05) is 34.8 Å². The molecule has 3 aromatic heterocycles. The van der Waals surface area contributed by atoms with E-state index in [2.05, 4.69) is 20.1 Å². The molecule has 0 fully saturated rings. The van der Waals surface area contributed by atoms with Gasteiger partial charge >= 0.3 is 0 Å². The third-order valence-corrected chi connectivity index (χ3v) is 4.18. The first kappa shape index (κ1) is 16.0. The number of ether oxygens (including phenoxy) is 2. The highest BCUT2D eigenvalue weighted by Gasteiger charge is 2.15. The lowest BCUT2D eigenvalue weighted by atomic mass is 10.0. The van der Waals surface area contributed by atoms with Crippen molar-refractivity contribution in [1.29, 1.82) is 0 Å². The molecule has 26 heavy (non-hydrogen) atoms. The molecule has 1 aromatic carbocycles. The molecule has 3 heterocycles. The first-order valence-electron chi connectivity index (χ1n) is 8.10. The van der Waals surface area contributed by atoms with Crippen molar-refractivity contribution in [1.82, 2.24) is 24.6 Å². The van der Waals surface area contributed by atoms with Crippen LogP contribution in [-0.2, 0) is 0 Å². The van der Waals surface area contributed by atoms with Crippen LogP contribution in [0.3, 0.4) is 0 Å². The van der Waals surface area contributed by atoms with Gasteiger partial charge in [-0.15, -0.1) is 0 Å². The molecule has 0 radical (unpaired) electrons. The minimum Gasteiger partial charge on any atom is -0.496 e. The van der Waals surface area contributed by atoms with Gasteiger partial charge in [-0.05, 0) is 38.1 Å². The molecule has 4 aromatic rings. The average molecular weight is 347 g/mol. The Morgan fingerprint density at radius 1 is 0.962 bits per heavy atom. The van der Waals surface area contributed by atoms with Crippen molar-refractivity contribution in [3.8, 4) is 28.5 Å². The number of benzene rings is 1. The van der Waals surface area contributed by atoms with Crippen LogP contribution in [0.15, 0.2) is 49.2 Å². The normalized spacial score (nSPS) is 10.9. The van der Waals surface area contributed by atoms with Crippen LogP contribution in [0, 0.1) is 13.8 Å². The smallest absolute Gasteiger partial charge is 0.247 e. The number of aryl methyl sites for hydroxylation is 2. The molecule has 0 aliphatic carbocycles. The molecule has 0 saturated heterocycles. The maximum atomic E-state index is 5.96. The molecule has 0 atom stereocenters. The summed E-state index contributed by atoms with van der Waals surface area (Å²) in [5, 5.41) is 4.14. The topological polar surface area (TPSA) is 74.4 Å². The fraction of sp³-hybridized carbons (Fsp3) is 0.158. The summed E-state index contributed by atoms with van der Waals surface area (Å²) in [5.41, 5.74) is 4.47. The number of methoxy groups -OCH3 is 1. The Kier molecular flexibility index (Phi) is 3.96. The van der Waals surface area contributed by atoms with Crippen molar-refractivity contribution in [3.05, 3.63) is 60.6 Å². The van der Waals surface area contributed by atoms with Crippen LogP contribution < -0.4 is 9.47 Å². The van der Waals surface area contributed by atoms with Crippen molar-refractivity contribution in [3.63, 3.8) is 0 Å². The Morgan fingerprint density at radius 3 is 2.54 bits per heavy atom. The molecular weight excluding hydrogens is 330 g/mol. The minimum atomic E-state index is 0.482. The van der Waals surface area contributed by atoms with E-state index in [1.807, 2.05) is 50.4 Å². The number of hydrogen-bond donors (Lipinski definition) is 0. The van der Waals surface area contributed by atoms with Crippen molar-refractivity contribution >= 4 is 5.52 Å². The van der Waals surface area contributed by atoms with Crippen molar-refractivity contribution in [2.45, 2.75) is 13.8 Å². The molecule has 0 bridgehead atoms. The van der Waals surface area contributed by atoms with E-state index in [0.29, 0.717) is 17.4 Å². The third kappa shape index (κ3) is 2.73. The highest BCUT2D eigenvalue weighted by molar-refractivity contribution is 5.75. The zero-order valence-electron chi connectivity index (χ0n) is 14.7. The Morgan fingerprint density at radius 2 is 1.77 bits per heavy atom. The first-order chi connectivity index (χ1) is 12.7. The van der Waals surface area contributed by atoms with Crippen LogP contribution in [0.4, 0.5) is 0 Å². The van der Waals surface area contributed by atoms with Gasteiger partial charge in [0.25, 0.3) is 0 Å². The van der Waals surface area contributed by atoms with E-state index in [0.717, 1.165) is 28.0 Å². The monoisotopic (exact) mass is 347 g/mol. The van der Waals surface area contributed by atoms with Crippen LogP contribution in [0.1, 0.15) is 11.4 Å². The van der Waals surface area contributed by atoms with Crippen LogP contribution in [0.25, 0.3) is 16.6 Å². The molecule has 0 N–H and O–H groups in total. The van der Waals surface area contributed by atoms with E-state index in [-0.39, 0.29) is 0 Å². The Bertz CT molecular complexity index is 1070. The Labute approximate surface area is 150 Å². The van der Waals surface area contributed by atoms with E-state index in [9.17, 15) is 0 Å². The zero-order valence-corrected chi connectivity index (χ0v) is 14.7. The Balaban J connectivity index is 1.75. The van der Waals surface area contributed by atoms with E-state index >= 15 is 0 Å². The molecule has 0 aliphatic heterocycles. The summed E-state index contributed by atoms with van der Waals surface area (Å²) in [5.74, 6) is 1.79. The quantitative estimate of drug-likeness (QED) is 0.561. The van der Waals surface area contributed by atoms with Crippen LogP contribution in [-0.4, -0.2) is 31.7 Å². The van der Waals surface area contributed by atoms with Gasteiger partial charge in [-0.2, -0.15) is 10.1 Å². The second-order valence-electron chi connectivity index (χ2n) is 5.79. The van der Waals surface area contributed by atoms with E-state index in [4.69, 9.17) is 9.47 Å². The van der Waals surface area contributed by atoms with Gasteiger partial charge in [0.1, 0.15) is 29.7 Å². The zero-order chi connectivity index (χ0) is 18.1. The lowest BCUT2D eigenvalue weighted by molar-refractivity contribution is 0.409. The summed E-state index contributed by atoms with van der Waals surface area (Å²) in [6, 6.07) is 9.45. The standard InChI is InChI=1S/C19H17N5O2/c1-12-18(13(2)21-10-20-12)15-7-6-14(9-17(15)25-3)26-19-16-5-4-8-24(16)23-11-22-19/h4-11H,1-3H3. The van der Waals surface area contributed by atoms with Crippen LogP contribution in [0.2, 0.25) is 0 Å². The van der Waals surface area contributed by atoms with Gasteiger partial charge in [0.15, 0.2) is 0 Å². The molecule has 7 nitrogen and oxygen atoms in total. The minimum absolute atomic E-state index is 0.482. The number of aromatic nitrogens is 5. The highest BCUT2D eigenvalue weighted by Crippen LogP contribution is 2.37. The SMILES string of the molecule is COc1cc(Oc2ncnn3cccc23)ccc1-c1c(C)ncnc1C. The van der Waals surface area contributed by atoms with Crippen LogP contribution >= 0.6 is 0 Å². The molecule has 0 aliphatic rings. The molecule has 0 saturated carbocycles. The lowest BCUT2D eigenvalue weighted by Gasteiger charge is -2.14. The summed E-state index contributed by atoms with van der Waals surface area (Å²) in [7, 11) is 1.63. The van der Waals surface area contributed by atoms with Gasteiger partial charge in [-0.1, -0.05) is 0 Å². The van der Waals surface area contributed by atoms with Gasteiger partial charge in [0.2, 0.25) is 5.88 Å². The van der Waals surface area contributed by atoms with Gasteiger partial charge in [-0.3, -0.25) is 0 Å². The van der Waals surface area contributed by atoms with Gasteiger partial charge < -0.3 is 9.47 Å². The van der Waals surface area contributed by atoms with Crippen LogP contribution in [0.5, 0.6) is 17.4 Å². The molecule has 130 valence electrons. The average Bonchev–Trinajstić information content (AvgIpc) is 3.12. The second kappa shape index (κ2) is 6.44. The number of hydrogen-bond acceptors (Lipinski definition) is 6. The summed E-state index contributed by atoms with van der Waals surface area (Å²) >= 11 is 0. The molecule has 7 heteroatoms. The maximum absolute atomic E-state index is 5.96. The third-order valence-electron chi connectivity index (χ3n) is 4.18. The predicted molar refractivity (Wildman–Crippen MR) is 96.6 cm³/mol. The highest BCUT2D eigenvalue weighted by atomic mass is 16.5. The number of fused-ring (bicyclic) bond motifs is 1. The maximum Gasteiger partial charge on any atom is 0.247 e. The summed E-state index contributed by atoms with van der Waals surface area (Å²) < 4.78 is 13.3. The fourth-order valence-corrected chi connectivity index (χ4v) is 2.96. The van der Waals surface area contributed by atoms with Crippen molar-refractivity contribution in [2.75, 3.05) is 7.11 Å². The molecule has 0 amide bonds. The summed E-state index contributed by atoms with van der Waals surface area (Å²) in [6.07, 6.45) is 4.87. The van der Waals surface area contributed by atoms with E-state index < -0.39 is 0 Å². The van der Waals surface area contributed by atoms with Crippen molar-refractivity contribution in [2.24, 2.45) is 0 Å². The van der Waals surface area contributed by atoms with Crippen molar-refractivity contribution < 1.29 is 9.47 Å². The largest absolute Gasteiger partial charge is 0.496 e. The predicted octanol–water partition coefficient (Wildman–Crippen LogP) is 3.60. The molecular formula is C19H17N5O2. The first-order valence-corrected chi connectivity index (χ1v) is 8.10. The van der Waals surface area contributed by atoms with E-state index in [1.165, 1.54) is 6.33 Å². The molecule has 0 unspecified atom stereocenters. The summed E-state index contributed by atoms with van der Waals surface area (Å²) in [6.45, 7) is 3.91. The van der Waals surface area contributed by atoms with Gasteiger partial charge in [-0.25, -0.2) is 14.5 Å². The number of rotatable bonds is 4. The lowest BCUT2D eigenvalue weighted by Crippen LogP contribution is -1.98. The summed E-state index contributed by atoms with van der Waals surface area (Å²) in [4.78, 5) is 12.8. The van der Waals surface area contributed by atoms with E-state index in [1.54, 1.807) is 18.0 Å². The molecule has 0 spiro atoms. The second-order valence-corrected chi connectivity index (χ2v) is 5.79. The fourth-order valence-electron chi connectivity index (χ4n) is 2.96. The van der Waals surface area contributed by atoms with Gasteiger partial charge in [0.05, 0.1) is 7.11 Å². The molecule has 4 rings (SSSR count).